The number of hydrogen-bond acceptors (Lipinski definition) is 4. The molecule has 0 fully saturated rings. The number of aromatic nitrogens is 1. The number of amides is 1. The van der Waals surface area contributed by atoms with Crippen molar-refractivity contribution in [3.8, 4) is 0 Å². The van der Waals surface area contributed by atoms with Crippen LogP contribution in [0.3, 0.4) is 0 Å². The number of carboxylic acid groups (broad SMARTS) is 1. The zero-order chi connectivity index (χ0) is 13.5. The molecule has 1 rings (SSSR count). The van der Waals surface area contributed by atoms with Crippen molar-refractivity contribution in [2.45, 2.75) is 6.92 Å². The predicted octanol–water partition coefficient (Wildman–Crippen LogP) is 1.51. The van der Waals surface area contributed by atoms with Crippen LogP contribution in [0.5, 0.6) is 0 Å². The van der Waals surface area contributed by atoms with Crippen LogP contribution in [-0.2, 0) is 0 Å². The Kier molecular flexibility index (Phi) is 5.64. The second kappa shape index (κ2) is 7.00. The number of hydrogen-bond donors (Lipinski definition) is 2. The summed E-state index contributed by atoms with van der Waals surface area (Å²) in [6.07, 6.45) is 3.34. The fourth-order valence-electron chi connectivity index (χ4n) is 1.40. The van der Waals surface area contributed by atoms with Crippen molar-refractivity contribution in [1.82, 2.24) is 10.3 Å². The van der Waals surface area contributed by atoms with E-state index in [1.165, 1.54) is 18.3 Å². The van der Waals surface area contributed by atoms with Crippen molar-refractivity contribution in [2.75, 3.05) is 18.6 Å². The molecule has 0 aromatic carbocycles. The summed E-state index contributed by atoms with van der Waals surface area (Å²) < 4.78 is 0. The number of pyridine rings is 1. The van der Waals surface area contributed by atoms with Gasteiger partial charge in [0.05, 0.1) is 0 Å². The normalized spacial score (nSPS) is 11.9. The third kappa shape index (κ3) is 4.37. The van der Waals surface area contributed by atoms with Gasteiger partial charge in [-0.05, 0) is 30.1 Å². The number of nitrogens with one attached hydrogen (secondary N) is 1. The smallest absolute Gasteiger partial charge is 0.354 e. The maximum atomic E-state index is 11.8. The highest BCUT2D eigenvalue weighted by molar-refractivity contribution is 7.98. The minimum atomic E-state index is -1.14. The molecule has 0 bridgehead atoms. The molecular weight excluding hydrogens is 252 g/mol. The summed E-state index contributed by atoms with van der Waals surface area (Å²) in [6, 6.07) is 2.78. The first-order valence-corrected chi connectivity index (χ1v) is 6.90. The van der Waals surface area contributed by atoms with Crippen LogP contribution in [0.2, 0.25) is 0 Å². The second-order valence-corrected chi connectivity index (χ2v) is 4.92. The van der Waals surface area contributed by atoms with Crippen LogP contribution in [0.25, 0.3) is 0 Å². The number of thioether (sulfide) groups is 1. The topological polar surface area (TPSA) is 79.3 Å². The van der Waals surface area contributed by atoms with Gasteiger partial charge in [0.1, 0.15) is 5.69 Å². The molecule has 5 nitrogen and oxygen atoms in total. The van der Waals surface area contributed by atoms with E-state index in [0.717, 1.165) is 5.75 Å². The fraction of sp³-hybridized carbons (Fsp3) is 0.417. The summed E-state index contributed by atoms with van der Waals surface area (Å²) in [7, 11) is 0. The van der Waals surface area contributed by atoms with Crippen LogP contribution < -0.4 is 5.32 Å². The first-order valence-electron chi connectivity index (χ1n) is 5.51. The molecule has 0 saturated heterocycles. The molecule has 0 saturated carbocycles. The Hall–Kier alpha value is -1.56. The maximum absolute atomic E-state index is 11.8. The lowest BCUT2D eigenvalue weighted by Gasteiger charge is -2.11. The van der Waals surface area contributed by atoms with Gasteiger partial charge in [-0.25, -0.2) is 9.78 Å². The zero-order valence-corrected chi connectivity index (χ0v) is 11.2. The van der Waals surface area contributed by atoms with Gasteiger partial charge in [0.15, 0.2) is 0 Å². The Morgan fingerprint density at radius 1 is 1.56 bits per heavy atom. The number of carbonyl (C=O) groups excluding carboxylic acids is 1. The van der Waals surface area contributed by atoms with E-state index in [1.807, 2.05) is 13.2 Å². The first kappa shape index (κ1) is 14.5. The largest absolute Gasteiger partial charge is 0.477 e. The molecule has 98 valence electrons. The van der Waals surface area contributed by atoms with E-state index in [4.69, 9.17) is 5.11 Å². The van der Waals surface area contributed by atoms with Gasteiger partial charge in [-0.3, -0.25) is 4.79 Å². The number of carboxylic acids is 1. The number of aromatic carboxylic acids is 1. The first-order chi connectivity index (χ1) is 8.54. The molecule has 1 aromatic rings. The lowest BCUT2D eigenvalue weighted by Crippen LogP contribution is -2.29. The molecule has 0 spiro atoms. The molecule has 1 aromatic heterocycles. The molecule has 18 heavy (non-hydrogen) atoms. The lowest BCUT2D eigenvalue weighted by molar-refractivity contribution is 0.0690. The quantitative estimate of drug-likeness (QED) is 0.817. The number of nitrogens with zero attached hydrogens (tertiary/aromatic N) is 1. The van der Waals surface area contributed by atoms with Crippen LogP contribution in [0.4, 0.5) is 0 Å². The molecule has 0 aliphatic rings. The van der Waals surface area contributed by atoms with Crippen LogP contribution in [0, 0.1) is 5.92 Å². The van der Waals surface area contributed by atoms with E-state index in [0.29, 0.717) is 18.0 Å². The molecule has 1 atom stereocenters. The van der Waals surface area contributed by atoms with Crippen molar-refractivity contribution < 1.29 is 14.7 Å². The van der Waals surface area contributed by atoms with E-state index in [2.05, 4.69) is 10.3 Å². The predicted molar refractivity (Wildman–Crippen MR) is 71.1 cm³/mol. The van der Waals surface area contributed by atoms with Crippen LogP contribution in [0.15, 0.2) is 18.3 Å². The molecular formula is C12H16N2O3S. The summed E-state index contributed by atoms with van der Waals surface area (Å²) in [5, 5.41) is 11.6. The van der Waals surface area contributed by atoms with E-state index in [-0.39, 0.29) is 11.6 Å². The van der Waals surface area contributed by atoms with Crippen LogP contribution in [-0.4, -0.2) is 40.5 Å². The highest BCUT2D eigenvalue weighted by Gasteiger charge is 2.11. The van der Waals surface area contributed by atoms with Crippen molar-refractivity contribution in [3.63, 3.8) is 0 Å². The SMILES string of the molecule is CSCC(C)CNC(=O)c1ccnc(C(=O)O)c1. The molecule has 0 aliphatic carbocycles. The van der Waals surface area contributed by atoms with E-state index in [9.17, 15) is 9.59 Å². The highest BCUT2D eigenvalue weighted by Crippen LogP contribution is 2.05. The fourth-order valence-corrected chi connectivity index (χ4v) is 2.09. The third-order valence-corrected chi connectivity index (χ3v) is 3.21. The Morgan fingerprint density at radius 2 is 2.28 bits per heavy atom. The average Bonchev–Trinajstić information content (AvgIpc) is 2.36. The molecule has 0 radical (unpaired) electrons. The second-order valence-electron chi connectivity index (χ2n) is 4.01. The summed E-state index contributed by atoms with van der Waals surface area (Å²) in [5.74, 6) is -0.0604. The molecule has 1 unspecified atom stereocenters. The van der Waals surface area contributed by atoms with E-state index < -0.39 is 5.97 Å². The number of rotatable bonds is 6. The van der Waals surface area contributed by atoms with Gasteiger partial charge in [0.2, 0.25) is 0 Å². The summed E-state index contributed by atoms with van der Waals surface area (Å²) in [6.45, 7) is 2.62. The monoisotopic (exact) mass is 268 g/mol. The Balaban J connectivity index is 2.61. The number of carbonyl (C=O) groups is 2. The Bertz CT molecular complexity index is 437. The van der Waals surface area contributed by atoms with Gasteiger partial charge < -0.3 is 10.4 Å². The third-order valence-electron chi connectivity index (χ3n) is 2.30. The van der Waals surface area contributed by atoms with Crippen LogP contribution >= 0.6 is 11.8 Å². The lowest BCUT2D eigenvalue weighted by atomic mass is 10.2. The molecule has 1 heterocycles. The molecule has 2 N–H and O–H groups in total. The Morgan fingerprint density at radius 3 is 2.89 bits per heavy atom. The van der Waals surface area contributed by atoms with Crippen molar-refractivity contribution in [1.29, 1.82) is 0 Å². The van der Waals surface area contributed by atoms with E-state index in [1.54, 1.807) is 11.8 Å². The van der Waals surface area contributed by atoms with E-state index >= 15 is 0 Å². The van der Waals surface area contributed by atoms with Gasteiger partial charge in [-0.2, -0.15) is 11.8 Å². The summed E-state index contributed by atoms with van der Waals surface area (Å²) >= 11 is 1.72. The van der Waals surface area contributed by atoms with Gasteiger partial charge >= 0.3 is 5.97 Å². The average molecular weight is 268 g/mol. The summed E-state index contributed by atoms with van der Waals surface area (Å²) in [4.78, 5) is 26.2. The maximum Gasteiger partial charge on any atom is 0.354 e. The van der Waals surface area contributed by atoms with Crippen LogP contribution in [0.1, 0.15) is 27.8 Å². The van der Waals surface area contributed by atoms with Gasteiger partial charge in [0, 0.05) is 18.3 Å². The molecule has 6 heteroatoms. The molecule has 1 amide bonds. The van der Waals surface area contributed by atoms with Crippen molar-refractivity contribution in [2.24, 2.45) is 5.92 Å². The van der Waals surface area contributed by atoms with Gasteiger partial charge in [0.25, 0.3) is 5.91 Å². The van der Waals surface area contributed by atoms with Crippen molar-refractivity contribution in [3.05, 3.63) is 29.6 Å². The van der Waals surface area contributed by atoms with Gasteiger partial charge in [-0.15, -0.1) is 0 Å². The molecule has 0 aliphatic heterocycles. The van der Waals surface area contributed by atoms with Crippen molar-refractivity contribution >= 4 is 23.6 Å². The summed E-state index contributed by atoms with van der Waals surface area (Å²) in [5.41, 5.74) is 0.193. The van der Waals surface area contributed by atoms with Gasteiger partial charge in [-0.1, -0.05) is 6.92 Å². The highest BCUT2D eigenvalue weighted by atomic mass is 32.2. The zero-order valence-electron chi connectivity index (χ0n) is 10.3. The Labute approximate surface area is 110 Å². The minimum Gasteiger partial charge on any atom is -0.477 e. The standard InChI is InChI=1S/C12H16N2O3S/c1-8(7-18-2)6-14-11(15)9-3-4-13-10(5-9)12(16)17/h3-5,8H,6-7H2,1-2H3,(H,14,15)(H,16,17). The minimum absolute atomic E-state index is 0.125.